The number of sulfonamides is 1. The van der Waals surface area contributed by atoms with Gasteiger partial charge in [-0.3, -0.25) is 9.10 Å². The van der Waals surface area contributed by atoms with E-state index in [4.69, 9.17) is 14.2 Å². The van der Waals surface area contributed by atoms with Crippen molar-refractivity contribution in [3.05, 3.63) is 78.1 Å². The molecule has 0 atom stereocenters. The lowest BCUT2D eigenvalue weighted by molar-refractivity contribution is -0.119. The molecule has 180 valence electrons. The zero-order chi connectivity index (χ0) is 24.7. The molecule has 3 aromatic rings. The molecule has 10 heteroatoms. The number of carbonyl (C=O) groups excluding carboxylic acids is 1. The van der Waals surface area contributed by atoms with Gasteiger partial charge in [-0.05, 0) is 36.4 Å². The van der Waals surface area contributed by atoms with Crippen molar-refractivity contribution in [3.63, 3.8) is 0 Å². The molecular weight excluding hydrogens is 463 g/mol. The molecule has 0 saturated heterocycles. The van der Waals surface area contributed by atoms with Gasteiger partial charge in [0, 0.05) is 12.1 Å². The lowest BCUT2D eigenvalue weighted by Crippen LogP contribution is -2.41. The number of rotatable bonds is 10. The average molecular weight is 489 g/mol. The zero-order valence-electron chi connectivity index (χ0n) is 18.9. The molecule has 0 spiro atoms. The minimum absolute atomic E-state index is 0.0128. The maximum atomic E-state index is 14.6. The van der Waals surface area contributed by atoms with Crippen molar-refractivity contribution in [2.24, 2.45) is 0 Å². The Morgan fingerprint density at radius 2 is 1.53 bits per heavy atom. The molecule has 0 bridgehead atoms. The minimum atomic E-state index is -4.22. The Hall–Kier alpha value is -3.79. The largest absolute Gasteiger partial charge is 0.493 e. The summed E-state index contributed by atoms with van der Waals surface area (Å²) in [6, 6.07) is 16.3. The monoisotopic (exact) mass is 488 g/mol. The Morgan fingerprint density at radius 3 is 2.15 bits per heavy atom. The number of nitrogens with zero attached hydrogens (tertiary/aromatic N) is 1. The first-order valence-electron chi connectivity index (χ1n) is 10.2. The van der Waals surface area contributed by atoms with Crippen molar-refractivity contribution in [1.82, 2.24) is 5.32 Å². The topological polar surface area (TPSA) is 94.2 Å². The molecule has 1 N–H and O–H groups in total. The highest BCUT2D eigenvalue weighted by Crippen LogP contribution is 2.39. The van der Waals surface area contributed by atoms with E-state index in [1.54, 1.807) is 30.3 Å². The van der Waals surface area contributed by atoms with Crippen molar-refractivity contribution in [2.75, 3.05) is 32.2 Å². The van der Waals surface area contributed by atoms with E-state index in [9.17, 15) is 17.6 Å². The van der Waals surface area contributed by atoms with Gasteiger partial charge in [-0.1, -0.05) is 30.3 Å². The van der Waals surface area contributed by atoms with E-state index in [2.05, 4.69) is 5.32 Å². The lowest BCUT2D eigenvalue weighted by atomic mass is 10.1. The summed E-state index contributed by atoms with van der Waals surface area (Å²) in [5.41, 5.74) is 0.349. The van der Waals surface area contributed by atoms with Crippen LogP contribution in [0, 0.1) is 5.82 Å². The Morgan fingerprint density at radius 1 is 0.882 bits per heavy atom. The van der Waals surface area contributed by atoms with E-state index >= 15 is 0 Å². The number of nitrogens with one attached hydrogen (secondary N) is 1. The number of hydrogen-bond donors (Lipinski definition) is 1. The van der Waals surface area contributed by atoms with E-state index in [0.29, 0.717) is 22.8 Å². The van der Waals surface area contributed by atoms with Gasteiger partial charge in [0.1, 0.15) is 12.4 Å². The molecule has 0 aromatic heterocycles. The summed E-state index contributed by atoms with van der Waals surface area (Å²) < 4.78 is 57.9. The lowest BCUT2D eigenvalue weighted by Gasteiger charge is -2.24. The van der Waals surface area contributed by atoms with Crippen LogP contribution in [0.3, 0.4) is 0 Å². The molecule has 1 amide bonds. The van der Waals surface area contributed by atoms with Crippen LogP contribution in [0.25, 0.3) is 0 Å². The highest BCUT2D eigenvalue weighted by atomic mass is 32.2. The Kier molecular flexibility index (Phi) is 7.95. The summed E-state index contributed by atoms with van der Waals surface area (Å²) in [5.74, 6) is -0.230. The first-order chi connectivity index (χ1) is 16.3. The third-order valence-electron chi connectivity index (χ3n) is 5.00. The van der Waals surface area contributed by atoms with Crippen molar-refractivity contribution in [1.29, 1.82) is 0 Å². The molecule has 0 unspecified atom stereocenters. The number of ether oxygens (including phenoxy) is 3. The number of hydrogen-bond acceptors (Lipinski definition) is 6. The second-order valence-electron chi connectivity index (χ2n) is 7.05. The van der Waals surface area contributed by atoms with Gasteiger partial charge in [0.2, 0.25) is 11.7 Å². The second kappa shape index (κ2) is 10.9. The molecular formula is C24H25FN2O6S. The molecule has 0 saturated carbocycles. The molecule has 3 rings (SSSR count). The Labute approximate surface area is 197 Å². The van der Waals surface area contributed by atoms with Gasteiger partial charge in [-0.15, -0.1) is 0 Å². The van der Waals surface area contributed by atoms with Crippen LogP contribution in [0.4, 0.5) is 10.1 Å². The molecule has 0 radical (unpaired) electrons. The Bertz CT molecular complexity index is 1250. The zero-order valence-corrected chi connectivity index (χ0v) is 19.8. The molecule has 0 heterocycles. The van der Waals surface area contributed by atoms with Crippen LogP contribution in [0.5, 0.6) is 17.2 Å². The highest BCUT2D eigenvalue weighted by molar-refractivity contribution is 7.92. The van der Waals surface area contributed by atoms with Crippen LogP contribution in [0.2, 0.25) is 0 Å². The summed E-state index contributed by atoms with van der Waals surface area (Å²) in [7, 11) is 0.189. The van der Waals surface area contributed by atoms with E-state index in [1.165, 1.54) is 51.7 Å². The number of halogens is 1. The highest BCUT2D eigenvalue weighted by Gasteiger charge is 2.29. The molecule has 0 aliphatic rings. The predicted octanol–water partition coefficient (Wildman–Crippen LogP) is 3.36. The van der Waals surface area contributed by atoms with Crippen molar-refractivity contribution in [3.8, 4) is 17.2 Å². The van der Waals surface area contributed by atoms with Gasteiger partial charge in [-0.2, -0.15) is 0 Å². The minimum Gasteiger partial charge on any atom is -0.493 e. The molecule has 0 aliphatic heterocycles. The van der Waals surface area contributed by atoms with E-state index in [-0.39, 0.29) is 17.1 Å². The molecule has 3 aromatic carbocycles. The van der Waals surface area contributed by atoms with Crippen LogP contribution in [0.1, 0.15) is 5.56 Å². The van der Waals surface area contributed by atoms with Gasteiger partial charge >= 0.3 is 0 Å². The van der Waals surface area contributed by atoms with Gasteiger partial charge < -0.3 is 19.5 Å². The van der Waals surface area contributed by atoms with Crippen LogP contribution in [-0.4, -0.2) is 42.2 Å². The summed E-state index contributed by atoms with van der Waals surface area (Å²) in [4.78, 5) is 12.8. The van der Waals surface area contributed by atoms with Crippen LogP contribution >= 0.6 is 0 Å². The standard InChI is InChI=1S/C24H25FN2O6S/c1-31-21-14-13-17(23(32-2)24(21)33-3)15-26-22(28)16-27(20-12-8-7-11-19(20)25)34(29,30)18-9-5-4-6-10-18/h4-14H,15-16H2,1-3H3,(H,26,28). The smallest absolute Gasteiger partial charge is 0.264 e. The van der Waals surface area contributed by atoms with Crippen LogP contribution in [0.15, 0.2) is 71.6 Å². The number of methoxy groups -OCH3 is 3. The van der Waals surface area contributed by atoms with E-state index in [0.717, 1.165) is 10.4 Å². The summed E-state index contributed by atoms with van der Waals surface area (Å²) in [6.45, 7) is -0.618. The fourth-order valence-corrected chi connectivity index (χ4v) is 4.81. The average Bonchev–Trinajstić information content (AvgIpc) is 2.86. The molecule has 8 nitrogen and oxygen atoms in total. The van der Waals surface area contributed by atoms with Gasteiger partial charge in [0.15, 0.2) is 11.5 Å². The molecule has 34 heavy (non-hydrogen) atoms. The maximum absolute atomic E-state index is 14.6. The quantitative estimate of drug-likeness (QED) is 0.470. The second-order valence-corrected chi connectivity index (χ2v) is 8.91. The van der Waals surface area contributed by atoms with Gasteiger partial charge in [-0.25, -0.2) is 12.8 Å². The Balaban J connectivity index is 1.87. The predicted molar refractivity (Wildman–Crippen MR) is 125 cm³/mol. The van der Waals surface area contributed by atoms with Crippen LogP contribution in [-0.2, 0) is 21.4 Å². The number of para-hydroxylation sites is 1. The first-order valence-corrected chi connectivity index (χ1v) is 11.6. The molecule has 0 fully saturated rings. The van der Waals surface area contributed by atoms with Crippen molar-refractivity contribution >= 4 is 21.6 Å². The number of amides is 1. The number of anilines is 1. The maximum Gasteiger partial charge on any atom is 0.264 e. The van der Waals surface area contributed by atoms with Crippen LogP contribution < -0.4 is 23.8 Å². The fourth-order valence-electron chi connectivity index (χ4n) is 3.36. The summed E-state index contributed by atoms with van der Waals surface area (Å²) in [6.07, 6.45) is 0. The SMILES string of the molecule is COc1ccc(CNC(=O)CN(c2ccccc2F)S(=O)(=O)c2ccccc2)c(OC)c1OC. The third kappa shape index (κ3) is 5.23. The molecule has 0 aliphatic carbocycles. The van der Waals surface area contributed by atoms with Gasteiger partial charge in [0.05, 0.1) is 31.9 Å². The van der Waals surface area contributed by atoms with E-state index < -0.39 is 28.3 Å². The first kappa shape index (κ1) is 24.8. The van der Waals surface area contributed by atoms with E-state index in [1.807, 2.05) is 0 Å². The number of carbonyl (C=O) groups is 1. The van der Waals surface area contributed by atoms with Crippen molar-refractivity contribution < 1.29 is 31.8 Å². The fraction of sp³-hybridized carbons (Fsp3) is 0.208. The normalized spacial score (nSPS) is 10.9. The van der Waals surface area contributed by atoms with Crippen molar-refractivity contribution in [2.45, 2.75) is 11.4 Å². The summed E-state index contributed by atoms with van der Waals surface area (Å²) >= 11 is 0. The number of benzene rings is 3. The summed E-state index contributed by atoms with van der Waals surface area (Å²) in [5, 5.41) is 2.66. The van der Waals surface area contributed by atoms with Gasteiger partial charge in [0.25, 0.3) is 10.0 Å². The third-order valence-corrected chi connectivity index (χ3v) is 6.78.